The molecule has 3 aliphatic carbocycles. The lowest BCUT2D eigenvalue weighted by Crippen LogP contribution is -2.56. The summed E-state index contributed by atoms with van der Waals surface area (Å²) >= 11 is 0. The van der Waals surface area contributed by atoms with Gasteiger partial charge in [0, 0.05) is 24.9 Å². The molecule has 1 aromatic rings. The summed E-state index contributed by atoms with van der Waals surface area (Å²) in [6.45, 7) is 11.1. The summed E-state index contributed by atoms with van der Waals surface area (Å²) < 4.78 is 23.9. The molecule has 0 amide bonds. The van der Waals surface area contributed by atoms with Crippen LogP contribution in [-0.2, 0) is 30.4 Å². The van der Waals surface area contributed by atoms with E-state index in [0.29, 0.717) is 31.4 Å². The van der Waals surface area contributed by atoms with E-state index in [2.05, 4.69) is 27.4 Å². The Balaban J connectivity index is 1.43. The second-order valence-corrected chi connectivity index (χ2v) is 11.7. The molecule has 5 rings (SSSR count). The molecule has 1 aliphatic heterocycles. The van der Waals surface area contributed by atoms with Crippen LogP contribution < -0.4 is 4.74 Å². The molecule has 2 bridgehead atoms. The molecule has 1 saturated heterocycles. The summed E-state index contributed by atoms with van der Waals surface area (Å²) in [5.74, 6) is 0.969. The van der Waals surface area contributed by atoms with E-state index in [-0.39, 0.29) is 41.0 Å². The first-order valence-corrected chi connectivity index (χ1v) is 12.8. The van der Waals surface area contributed by atoms with Crippen LogP contribution in [-0.4, -0.2) is 49.7 Å². The summed E-state index contributed by atoms with van der Waals surface area (Å²) in [7, 11) is 3.31. The fourth-order valence-corrected chi connectivity index (χ4v) is 7.44. The third-order valence-electron chi connectivity index (χ3n) is 9.71. The average molecular weight is 483 g/mol. The highest BCUT2D eigenvalue weighted by Gasteiger charge is 2.76. The van der Waals surface area contributed by atoms with Crippen molar-refractivity contribution in [3.63, 3.8) is 0 Å². The molecule has 6 nitrogen and oxygen atoms in total. The second kappa shape index (κ2) is 8.53. The van der Waals surface area contributed by atoms with Gasteiger partial charge in [0.05, 0.1) is 25.9 Å². The molecule has 0 radical (unpaired) electrons. The van der Waals surface area contributed by atoms with E-state index in [1.165, 1.54) is 0 Å². The van der Waals surface area contributed by atoms with Crippen LogP contribution in [0.25, 0.3) is 0 Å². The van der Waals surface area contributed by atoms with E-state index in [1.54, 1.807) is 14.2 Å². The van der Waals surface area contributed by atoms with E-state index in [4.69, 9.17) is 18.9 Å². The Hall–Kier alpha value is -2.02. The van der Waals surface area contributed by atoms with Crippen LogP contribution in [0.1, 0.15) is 58.4 Å². The van der Waals surface area contributed by atoms with Gasteiger partial charge < -0.3 is 18.9 Å². The SMILES string of the molecule is C=C1C(=O)[C@]23O[C@@H]2[C@H]1CCC(=O)[C@]1(C)CC[C@H](OCc2ccc(OC)cc2)C(C)(C)[C@H]1C[C@H]3OC. The van der Waals surface area contributed by atoms with E-state index < -0.39 is 17.1 Å². The van der Waals surface area contributed by atoms with Crippen LogP contribution in [0.15, 0.2) is 36.4 Å². The standard InChI is InChI=1S/C29H38O6/c1-17-20-11-12-22(30)28(4)14-13-23(34-16-18-7-9-19(32-5)10-8-18)27(2,3)21(28)15-24(33-6)29(25(17)31)26(20)35-29/h7-10,20-21,23-24,26H,1,11-16H2,2-6H3/t20-,21+,23-,24+,26+,28+,29-/m0/s1. The largest absolute Gasteiger partial charge is 0.497 e. The van der Waals surface area contributed by atoms with Gasteiger partial charge in [-0.2, -0.15) is 0 Å². The van der Waals surface area contributed by atoms with E-state index in [1.807, 2.05) is 24.3 Å². The zero-order valence-electron chi connectivity index (χ0n) is 21.6. The lowest BCUT2D eigenvalue weighted by molar-refractivity contribution is -0.165. The predicted octanol–water partition coefficient (Wildman–Crippen LogP) is 4.68. The van der Waals surface area contributed by atoms with Gasteiger partial charge in [-0.05, 0) is 60.3 Å². The van der Waals surface area contributed by atoms with Crippen LogP contribution in [0.2, 0.25) is 0 Å². The Morgan fingerprint density at radius 2 is 1.77 bits per heavy atom. The van der Waals surface area contributed by atoms with Crippen LogP contribution in [0.3, 0.4) is 0 Å². The Bertz CT molecular complexity index is 1030. The molecule has 190 valence electrons. The molecule has 35 heavy (non-hydrogen) atoms. The molecular formula is C29H38O6. The molecule has 7 atom stereocenters. The van der Waals surface area contributed by atoms with Gasteiger partial charge in [-0.25, -0.2) is 0 Å². The van der Waals surface area contributed by atoms with Gasteiger partial charge >= 0.3 is 0 Å². The highest BCUT2D eigenvalue weighted by atomic mass is 16.6. The van der Waals surface area contributed by atoms with Crippen molar-refractivity contribution in [2.75, 3.05) is 14.2 Å². The summed E-state index contributed by atoms with van der Waals surface area (Å²) in [5.41, 5.74) is -0.0377. The van der Waals surface area contributed by atoms with Crippen LogP contribution >= 0.6 is 0 Å². The van der Waals surface area contributed by atoms with Crippen molar-refractivity contribution >= 4 is 11.6 Å². The Morgan fingerprint density at radius 1 is 1.06 bits per heavy atom. The van der Waals surface area contributed by atoms with Crippen molar-refractivity contribution in [2.45, 2.75) is 83.4 Å². The third-order valence-corrected chi connectivity index (χ3v) is 9.71. The molecule has 0 aromatic heterocycles. The minimum atomic E-state index is -0.926. The summed E-state index contributed by atoms with van der Waals surface area (Å²) in [5, 5.41) is 0. The van der Waals surface area contributed by atoms with Crippen molar-refractivity contribution in [1.82, 2.24) is 0 Å². The van der Waals surface area contributed by atoms with E-state index >= 15 is 0 Å². The summed E-state index contributed by atoms with van der Waals surface area (Å²) in [4.78, 5) is 27.0. The fraction of sp³-hybridized carbons (Fsp3) is 0.655. The number of hydrogen-bond acceptors (Lipinski definition) is 6. The number of carbonyl (C=O) groups excluding carboxylic acids is 2. The molecular weight excluding hydrogens is 444 g/mol. The number of carbonyl (C=O) groups is 2. The van der Waals surface area contributed by atoms with Gasteiger partial charge in [0.2, 0.25) is 0 Å². The molecule has 1 aromatic carbocycles. The Morgan fingerprint density at radius 3 is 2.43 bits per heavy atom. The van der Waals surface area contributed by atoms with Gasteiger partial charge in [0.1, 0.15) is 17.6 Å². The van der Waals surface area contributed by atoms with Gasteiger partial charge in [-0.15, -0.1) is 0 Å². The predicted molar refractivity (Wildman–Crippen MR) is 131 cm³/mol. The van der Waals surface area contributed by atoms with E-state index in [9.17, 15) is 9.59 Å². The molecule has 1 heterocycles. The number of benzene rings is 1. The molecule has 0 spiro atoms. The smallest absolute Gasteiger partial charge is 0.195 e. The van der Waals surface area contributed by atoms with Gasteiger partial charge in [0.25, 0.3) is 0 Å². The third kappa shape index (κ3) is 3.63. The molecule has 0 unspecified atom stereocenters. The number of Topliss-reactive ketones (excluding diaryl/α,β-unsaturated/α-hetero) is 2. The fourth-order valence-electron chi connectivity index (χ4n) is 7.44. The molecule has 4 aliphatic rings. The van der Waals surface area contributed by atoms with Crippen molar-refractivity contribution < 1.29 is 28.5 Å². The number of hydrogen-bond donors (Lipinski definition) is 0. The molecule has 4 fully saturated rings. The molecule has 0 N–H and O–H groups in total. The van der Waals surface area contributed by atoms with Crippen LogP contribution in [0.5, 0.6) is 5.75 Å². The van der Waals surface area contributed by atoms with Crippen molar-refractivity contribution in [1.29, 1.82) is 0 Å². The van der Waals surface area contributed by atoms with Crippen LogP contribution in [0.4, 0.5) is 0 Å². The highest BCUT2D eigenvalue weighted by Crippen LogP contribution is 2.62. The highest BCUT2D eigenvalue weighted by molar-refractivity contribution is 6.08. The summed E-state index contributed by atoms with van der Waals surface area (Å²) in [6, 6.07) is 7.92. The number of fused-ring (bicyclic) bond motifs is 1. The van der Waals surface area contributed by atoms with Gasteiger partial charge in [0.15, 0.2) is 11.4 Å². The summed E-state index contributed by atoms with van der Waals surface area (Å²) in [6.07, 6.45) is 2.59. The van der Waals surface area contributed by atoms with Gasteiger partial charge in [-0.1, -0.05) is 39.5 Å². The minimum Gasteiger partial charge on any atom is -0.497 e. The first-order chi connectivity index (χ1) is 16.6. The maximum Gasteiger partial charge on any atom is 0.195 e. The van der Waals surface area contributed by atoms with E-state index in [0.717, 1.165) is 24.2 Å². The number of ether oxygens (including phenoxy) is 4. The maximum atomic E-state index is 13.8. The minimum absolute atomic E-state index is 0.0143. The number of epoxide rings is 1. The topological polar surface area (TPSA) is 74.4 Å². The molecule has 6 heteroatoms. The quantitative estimate of drug-likeness (QED) is 0.448. The van der Waals surface area contributed by atoms with Gasteiger partial charge in [-0.3, -0.25) is 9.59 Å². The van der Waals surface area contributed by atoms with Crippen molar-refractivity contribution in [3.05, 3.63) is 42.0 Å². The number of ketones is 2. The number of methoxy groups -OCH3 is 2. The monoisotopic (exact) mass is 482 g/mol. The Kier molecular flexibility index (Phi) is 6.01. The second-order valence-electron chi connectivity index (χ2n) is 11.7. The molecule has 3 saturated carbocycles. The first-order valence-electron chi connectivity index (χ1n) is 12.8. The maximum absolute atomic E-state index is 13.8. The first kappa shape index (κ1) is 24.7. The number of rotatable bonds is 5. The average Bonchev–Trinajstić information content (AvgIpc) is 3.54. The zero-order chi connectivity index (χ0) is 25.2. The van der Waals surface area contributed by atoms with Crippen LogP contribution in [0, 0.1) is 22.7 Å². The lowest BCUT2D eigenvalue weighted by Gasteiger charge is -2.54. The van der Waals surface area contributed by atoms with Crippen molar-refractivity contribution in [3.8, 4) is 5.75 Å². The zero-order valence-corrected chi connectivity index (χ0v) is 21.6. The normalized spacial score (nSPS) is 40.1. The lowest BCUT2D eigenvalue weighted by atomic mass is 9.51. The van der Waals surface area contributed by atoms with Crippen molar-refractivity contribution in [2.24, 2.45) is 22.7 Å². The Labute approximate surface area is 208 Å².